The van der Waals surface area contributed by atoms with Crippen LogP contribution >= 0.6 is 0 Å². The van der Waals surface area contributed by atoms with Crippen LogP contribution in [0, 0.1) is 5.92 Å². The Labute approximate surface area is 135 Å². The van der Waals surface area contributed by atoms with Gasteiger partial charge in [-0.15, -0.1) is 0 Å². The van der Waals surface area contributed by atoms with E-state index >= 15 is 0 Å². The minimum Gasteiger partial charge on any atom is -0.354 e. The van der Waals surface area contributed by atoms with Gasteiger partial charge in [0.15, 0.2) is 0 Å². The van der Waals surface area contributed by atoms with Crippen molar-refractivity contribution in [2.45, 2.75) is 32.1 Å². The highest BCUT2D eigenvalue weighted by Gasteiger charge is 2.13. The van der Waals surface area contributed by atoms with E-state index in [-0.39, 0.29) is 0 Å². The number of nitrogens with zero attached hydrogens (tertiary/aromatic N) is 4. The number of fused-ring (bicyclic) bond motifs is 1. The molecule has 2 heterocycles. The van der Waals surface area contributed by atoms with Gasteiger partial charge in [0.1, 0.15) is 12.1 Å². The number of benzene rings is 1. The lowest BCUT2D eigenvalue weighted by Gasteiger charge is -2.21. The van der Waals surface area contributed by atoms with Crippen molar-refractivity contribution in [2.75, 3.05) is 11.9 Å². The zero-order chi connectivity index (χ0) is 15.5. The third-order valence-corrected chi connectivity index (χ3v) is 4.61. The normalized spacial score (nSPS) is 15.8. The second-order valence-corrected chi connectivity index (χ2v) is 6.23. The van der Waals surface area contributed by atoms with E-state index < -0.39 is 0 Å². The van der Waals surface area contributed by atoms with Gasteiger partial charge in [-0.05, 0) is 37.0 Å². The summed E-state index contributed by atoms with van der Waals surface area (Å²) in [6.45, 7) is 0.966. The van der Waals surface area contributed by atoms with Gasteiger partial charge in [0.05, 0.1) is 11.0 Å². The fourth-order valence-electron chi connectivity index (χ4n) is 3.34. The molecule has 4 rings (SSSR count). The van der Waals surface area contributed by atoms with Gasteiger partial charge in [-0.25, -0.2) is 9.97 Å². The Morgan fingerprint density at radius 1 is 1.04 bits per heavy atom. The van der Waals surface area contributed by atoms with Gasteiger partial charge < -0.3 is 5.32 Å². The van der Waals surface area contributed by atoms with Crippen LogP contribution in [-0.4, -0.2) is 26.1 Å². The zero-order valence-electron chi connectivity index (χ0n) is 13.2. The van der Waals surface area contributed by atoms with Crippen molar-refractivity contribution in [1.82, 2.24) is 19.5 Å². The standard InChI is InChI=1S/C18H21N5/c1-2-6-14(7-3-1)12-20-18-19-11-10-17(22-18)23-13-21-15-8-4-5-9-16(15)23/h4-5,8-11,13-14H,1-3,6-7,12H2,(H,19,20,22). The highest BCUT2D eigenvalue weighted by Crippen LogP contribution is 2.23. The van der Waals surface area contributed by atoms with Crippen LogP contribution < -0.4 is 5.32 Å². The number of aromatic nitrogens is 4. The summed E-state index contributed by atoms with van der Waals surface area (Å²) in [6, 6.07) is 10.00. The van der Waals surface area contributed by atoms with Gasteiger partial charge in [-0.1, -0.05) is 31.4 Å². The van der Waals surface area contributed by atoms with Crippen molar-refractivity contribution in [3.05, 3.63) is 42.9 Å². The summed E-state index contributed by atoms with van der Waals surface area (Å²) >= 11 is 0. The van der Waals surface area contributed by atoms with Crippen LogP contribution in [0.1, 0.15) is 32.1 Å². The van der Waals surface area contributed by atoms with Crippen LogP contribution in [0.2, 0.25) is 0 Å². The first-order valence-electron chi connectivity index (χ1n) is 8.39. The van der Waals surface area contributed by atoms with Crippen LogP contribution in [0.4, 0.5) is 5.95 Å². The molecule has 1 fully saturated rings. The van der Waals surface area contributed by atoms with E-state index in [4.69, 9.17) is 0 Å². The lowest BCUT2D eigenvalue weighted by Crippen LogP contribution is -2.18. The summed E-state index contributed by atoms with van der Waals surface area (Å²) < 4.78 is 2.00. The Morgan fingerprint density at radius 3 is 2.83 bits per heavy atom. The minimum atomic E-state index is 0.700. The Kier molecular flexibility index (Phi) is 3.92. The van der Waals surface area contributed by atoms with Gasteiger partial charge >= 0.3 is 0 Å². The van der Waals surface area contributed by atoms with Gasteiger partial charge in [0.25, 0.3) is 0 Å². The first-order chi connectivity index (χ1) is 11.4. The number of nitrogens with one attached hydrogen (secondary N) is 1. The maximum atomic E-state index is 4.65. The molecule has 0 saturated heterocycles. The number of hydrogen-bond acceptors (Lipinski definition) is 4. The van der Waals surface area contributed by atoms with Crippen molar-refractivity contribution in [2.24, 2.45) is 5.92 Å². The van der Waals surface area contributed by atoms with Crippen LogP contribution in [0.25, 0.3) is 16.9 Å². The van der Waals surface area contributed by atoms with E-state index in [1.54, 1.807) is 6.20 Å². The molecule has 3 aromatic rings. The topological polar surface area (TPSA) is 55.6 Å². The summed E-state index contributed by atoms with van der Waals surface area (Å²) in [5, 5.41) is 3.41. The monoisotopic (exact) mass is 307 g/mol. The number of anilines is 1. The fraction of sp³-hybridized carbons (Fsp3) is 0.389. The van der Waals surface area contributed by atoms with E-state index in [9.17, 15) is 0 Å². The average Bonchev–Trinajstić information content (AvgIpc) is 3.05. The summed E-state index contributed by atoms with van der Waals surface area (Å²) in [5.74, 6) is 2.30. The quantitative estimate of drug-likeness (QED) is 0.796. The van der Waals surface area contributed by atoms with Crippen LogP contribution in [0.5, 0.6) is 0 Å². The van der Waals surface area contributed by atoms with Crippen LogP contribution in [0.15, 0.2) is 42.9 Å². The van der Waals surface area contributed by atoms with Crippen molar-refractivity contribution in [3.8, 4) is 5.82 Å². The Balaban J connectivity index is 1.54. The predicted octanol–water partition coefficient (Wildman–Crippen LogP) is 3.81. The van der Waals surface area contributed by atoms with E-state index in [1.807, 2.05) is 35.2 Å². The van der Waals surface area contributed by atoms with E-state index in [2.05, 4.69) is 26.3 Å². The molecule has 23 heavy (non-hydrogen) atoms. The average molecular weight is 307 g/mol. The molecule has 1 saturated carbocycles. The summed E-state index contributed by atoms with van der Waals surface area (Å²) in [4.78, 5) is 13.4. The van der Waals surface area contributed by atoms with E-state index in [0.717, 1.165) is 29.3 Å². The van der Waals surface area contributed by atoms with Crippen LogP contribution in [-0.2, 0) is 0 Å². The molecule has 0 spiro atoms. The molecule has 0 atom stereocenters. The van der Waals surface area contributed by atoms with E-state index in [0.29, 0.717) is 5.95 Å². The summed E-state index contributed by atoms with van der Waals surface area (Å²) in [5.41, 5.74) is 2.03. The van der Waals surface area contributed by atoms with Gasteiger partial charge in [0, 0.05) is 12.7 Å². The predicted molar refractivity (Wildman–Crippen MR) is 91.7 cm³/mol. The molecular formula is C18H21N5. The Morgan fingerprint density at radius 2 is 1.91 bits per heavy atom. The molecule has 1 aromatic carbocycles. The minimum absolute atomic E-state index is 0.700. The molecule has 0 aliphatic heterocycles. The van der Waals surface area contributed by atoms with Gasteiger partial charge in [-0.2, -0.15) is 4.98 Å². The van der Waals surface area contributed by atoms with Crippen molar-refractivity contribution in [3.63, 3.8) is 0 Å². The Bertz CT molecular complexity index is 789. The van der Waals surface area contributed by atoms with Crippen molar-refractivity contribution < 1.29 is 0 Å². The molecule has 1 aliphatic carbocycles. The second-order valence-electron chi connectivity index (χ2n) is 6.23. The zero-order valence-corrected chi connectivity index (χ0v) is 13.2. The fourth-order valence-corrected chi connectivity index (χ4v) is 3.34. The van der Waals surface area contributed by atoms with Gasteiger partial charge in [0.2, 0.25) is 5.95 Å². The molecule has 118 valence electrons. The lowest BCUT2D eigenvalue weighted by atomic mass is 9.89. The van der Waals surface area contributed by atoms with E-state index in [1.165, 1.54) is 32.1 Å². The maximum Gasteiger partial charge on any atom is 0.224 e. The highest BCUT2D eigenvalue weighted by atomic mass is 15.2. The first kappa shape index (κ1) is 14.2. The molecule has 5 heteroatoms. The molecule has 2 aromatic heterocycles. The summed E-state index contributed by atoms with van der Waals surface area (Å²) in [7, 11) is 0. The second kappa shape index (κ2) is 6.36. The molecule has 1 N–H and O–H groups in total. The maximum absolute atomic E-state index is 4.65. The van der Waals surface area contributed by atoms with Crippen molar-refractivity contribution in [1.29, 1.82) is 0 Å². The molecule has 5 nitrogen and oxygen atoms in total. The molecule has 1 aliphatic rings. The number of imidazole rings is 1. The molecule has 0 amide bonds. The largest absolute Gasteiger partial charge is 0.354 e. The third kappa shape index (κ3) is 3.04. The van der Waals surface area contributed by atoms with Crippen LogP contribution in [0.3, 0.4) is 0 Å². The lowest BCUT2D eigenvalue weighted by molar-refractivity contribution is 0.373. The highest BCUT2D eigenvalue weighted by molar-refractivity contribution is 5.76. The third-order valence-electron chi connectivity index (χ3n) is 4.61. The molecule has 0 unspecified atom stereocenters. The SMILES string of the molecule is c1ccc2c(c1)ncn2-c1ccnc(NCC2CCCCC2)n1. The number of para-hydroxylation sites is 2. The smallest absolute Gasteiger partial charge is 0.224 e. The summed E-state index contributed by atoms with van der Waals surface area (Å²) in [6.07, 6.45) is 10.4. The molecular weight excluding hydrogens is 286 g/mol. The van der Waals surface area contributed by atoms with Gasteiger partial charge in [-0.3, -0.25) is 4.57 Å². The van der Waals surface area contributed by atoms with Crippen molar-refractivity contribution >= 4 is 17.0 Å². The first-order valence-corrected chi connectivity index (χ1v) is 8.39. The molecule has 0 bridgehead atoms. The number of rotatable bonds is 4. The molecule has 0 radical (unpaired) electrons. The number of hydrogen-bond donors (Lipinski definition) is 1. The Hall–Kier alpha value is -2.43.